The quantitative estimate of drug-likeness (QED) is 0.450. The van der Waals surface area contributed by atoms with E-state index in [1.165, 1.54) is 0 Å². The summed E-state index contributed by atoms with van der Waals surface area (Å²) in [5.41, 5.74) is 2.63. The molecule has 1 aliphatic carbocycles. The minimum atomic E-state index is -0.472. The number of nitrogens with one attached hydrogen (secondary N) is 2. The molecule has 0 spiro atoms. The number of likely N-dealkylation sites (tertiary alicyclic amines) is 1. The Morgan fingerprint density at radius 3 is 2.45 bits per heavy atom. The molecule has 0 unspecified atom stereocenters. The molecule has 200 valence electrons. The Kier molecular flexibility index (Phi) is 6.90. The van der Waals surface area contributed by atoms with Crippen LogP contribution in [0.3, 0.4) is 0 Å². The number of carbonyl (C=O) groups is 3. The van der Waals surface area contributed by atoms with Crippen molar-refractivity contribution in [1.29, 1.82) is 0 Å². The molecular formula is C28H35N7O3. The van der Waals surface area contributed by atoms with Gasteiger partial charge >= 0.3 is 0 Å². The van der Waals surface area contributed by atoms with E-state index in [0.717, 1.165) is 30.4 Å². The Morgan fingerprint density at radius 2 is 1.74 bits per heavy atom. The summed E-state index contributed by atoms with van der Waals surface area (Å²) in [6.45, 7) is 9.03. The van der Waals surface area contributed by atoms with Crippen LogP contribution in [0.2, 0.25) is 0 Å². The number of fused-ring (bicyclic) bond motifs is 2. The van der Waals surface area contributed by atoms with Crippen LogP contribution >= 0.6 is 0 Å². The maximum absolute atomic E-state index is 13.7. The molecule has 2 fully saturated rings. The summed E-state index contributed by atoms with van der Waals surface area (Å²) < 4.78 is 1.59. The SMILES string of the molecule is CCCNC(=O)c1nn(CC(=O)N2[C@H](C(=O)NCCC)C[C@@]3(C)C[C@@H]23)c2ccc(-c3cnc(C)nc3)cc12. The Balaban J connectivity index is 1.47. The first-order chi connectivity index (χ1) is 18.3. The number of piperidine rings is 1. The average molecular weight is 518 g/mol. The highest BCUT2D eigenvalue weighted by Gasteiger charge is 2.64. The number of hydrogen-bond donors (Lipinski definition) is 2. The third kappa shape index (κ3) is 4.75. The van der Waals surface area contributed by atoms with Gasteiger partial charge in [-0.3, -0.25) is 19.1 Å². The van der Waals surface area contributed by atoms with Crippen molar-refractivity contribution >= 4 is 28.6 Å². The monoisotopic (exact) mass is 517 g/mol. The number of amides is 3. The van der Waals surface area contributed by atoms with Crippen molar-refractivity contribution in [2.75, 3.05) is 13.1 Å². The van der Waals surface area contributed by atoms with E-state index in [-0.39, 0.29) is 41.4 Å². The lowest BCUT2D eigenvalue weighted by atomic mass is 10.0. The molecule has 3 atom stereocenters. The van der Waals surface area contributed by atoms with Gasteiger partial charge in [0, 0.05) is 42.5 Å². The lowest BCUT2D eigenvalue weighted by Crippen LogP contribution is -2.49. The summed E-state index contributed by atoms with van der Waals surface area (Å²) in [4.78, 5) is 49.9. The normalized spacial score (nSPS) is 21.8. The van der Waals surface area contributed by atoms with Crippen molar-refractivity contribution in [2.45, 2.75) is 72.0 Å². The van der Waals surface area contributed by atoms with E-state index in [0.29, 0.717) is 36.2 Å². The lowest BCUT2D eigenvalue weighted by molar-refractivity contribution is -0.140. The summed E-state index contributed by atoms with van der Waals surface area (Å²) in [7, 11) is 0. The number of hydrogen-bond acceptors (Lipinski definition) is 6. The van der Waals surface area contributed by atoms with Gasteiger partial charge in [-0.25, -0.2) is 9.97 Å². The highest BCUT2D eigenvalue weighted by atomic mass is 16.2. The van der Waals surface area contributed by atoms with Gasteiger partial charge in [-0.2, -0.15) is 5.10 Å². The molecule has 3 aromatic rings. The number of benzene rings is 1. The Bertz CT molecular complexity index is 1380. The number of aromatic nitrogens is 4. The van der Waals surface area contributed by atoms with Crippen molar-refractivity contribution in [3.63, 3.8) is 0 Å². The first kappa shape index (κ1) is 25.8. The van der Waals surface area contributed by atoms with Crippen LogP contribution in [0.15, 0.2) is 30.6 Å². The molecule has 10 heteroatoms. The number of carbonyl (C=O) groups excluding carboxylic acids is 3. The molecule has 3 amide bonds. The number of rotatable bonds is 9. The van der Waals surface area contributed by atoms with Crippen LogP contribution in [0.4, 0.5) is 0 Å². The van der Waals surface area contributed by atoms with E-state index >= 15 is 0 Å². The maximum Gasteiger partial charge on any atom is 0.272 e. The van der Waals surface area contributed by atoms with E-state index < -0.39 is 6.04 Å². The Labute approximate surface area is 222 Å². The third-order valence-corrected chi connectivity index (χ3v) is 7.68. The van der Waals surface area contributed by atoms with Gasteiger partial charge in [0.1, 0.15) is 18.4 Å². The molecule has 5 rings (SSSR count). The van der Waals surface area contributed by atoms with Crippen molar-refractivity contribution < 1.29 is 14.4 Å². The Morgan fingerprint density at radius 1 is 1.03 bits per heavy atom. The summed E-state index contributed by atoms with van der Waals surface area (Å²) >= 11 is 0. The molecule has 1 saturated carbocycles. The molecule has 2 aliphatic rings. The van der Waals surface area contributed by atoms with Crippen LogP contribution in [-0.2, 0) is 16.1 Å². The first-order valence-corrected chi connectivity index (χ1v) is 13.4. The minimum absolute atomic E-state index is 0.00766. The third-order valence-electron chi connectivity index (χ3n) is 7.68. The second-order valence-electron chi connectivity index (χ2n) is 10.7. The zero-order chi connectivity index (χ0) is 27.0. The summed E-state index contributed by atoms with van der Waals surface area (Å²) in [6, 6.07) is 5.28. The van der Waals surface area contributed by atoms with Crippen LogP contribution in [-0.4, -0.2) is 67.5 Å². The summed E-state index contributed by atoms with van der Waals surface area (Å²) in [5, 5.41) is 11.1. The topological polar surface area (TPSA) is 122 Å². The van der Waals surface area contributed by atoms with Crippen LogP contribution in [0.5, 0.6) is 0 Å². The number of nitrogens with zero attached hydrogens (tertiary/aromatic N) is 5. The van der Waals surface area contributed by atoms with Crippen molar-refractivity contribution in [2.24, 2.45) is 5.41 Å². The zero-order valence-electron chi connectivity index (χ0n) is 22.5. The molecular weight excluding hydrogens is 482 g/mol. The molecule has 3 heterocycles. The average Bonchev–Trinajstić information content (AvgIpc) is 3.28. The van der Waals surface area contributed by atoms with Crippen LogP contribution in [0.1, 0.15) is 62.8 Å². The van der Waals surface area contributed by atoms with E-state index in [2.05, 4.69) is 32.6 Å². The fourth-order valence-corrected chi connectivity index (χ4v) is 5.45. The molecule has 2 aromatic heterocycles. The van der Waals surface area contributed by atoms with Gasteiger partial charge in [-0.1, -0.05) is 26.8 Å². The van der Waals surface area contributed by atoms with Crippen LogP contribution in [0, 0.1) is 12.3 Å². The predicted molar refractivity (Wildman–Crippen MR) is 143 cm³/mol. The van der Waals surface area contributed by atoms with Gasteiger partial charge in [0.25, 0.3) is 5.91 Å². The van der Waals surface area contributed by atoms with Gasteiger partial charge < -0.3 is 15.5 Å². The smallest absolute Gasteiger partial charge is 0.272 e. The fraction of sp³-hybridized carbons (Fsp3) is 0.500. The zero-order valence-corrected chi connectivity index (χ0v) is 22.5. The highest BCUT2D eigenvalue weighted by Crippen LogP contribution is 2.59. The van der Waals surface area contributed by atoms with Crippen molar-refractivity contribution in [3.05, 3.63) is 42.1 Å². The molecule has 10 nitrogen and oxygen atoms in total. The molecule has 1 aromatic carbocycles. The van der Waals surface area contributed by atoms with E-state index in [1.807, 2.05) is 39.0 Å². The largest absolute Gasteiger partial charge is 0.354 e. The molecule has 0 bridgehead atoms. The maximum atomic E-state index is 13.7. The Hall–Kier alpha value is -3.82. The second-order valence-corrected chi connectivity index (χ2v) is 10.7. The van der Waals surface area contributed by atoms with E-state index in [9.17, 15) is 14.4 Å². The molecule has 0 radical (unpaired) electrons. The molecule has 1 saturated heterocycles. The standard InChI is InChI=1S/C28H35N7O3/c1-5-9-29-26(37)22-12-28(4)13-23(28)35(22)24(36)16-34-21-8-7-18(19-14-31-17(3)32-15-19)11-20(21)25(33-34)27(38)30-10-6-2/h7-8,11,14-15,22-23H,5-6,9-10,12-13,16H2,1-4H3,(H,29,37)(H,30,38)/t22-,23+,28-/m0/s1. The fourth-order valence-electron chi connectivity index (χ4n) is 5.45. The summed E-state index contributed by atoms with van der Waals surface area (Å²) in [5.74, 6) is 0.140. The van der Waals surface area contributed by atoms with Gasteiger partial charge in [-0.15, -0.1) is 0 Å². The lowest BCUT2D eigenvalue weighted by Gasteiger charge is -2.27. The highest BCUT2D eigenvalue weighted by molar-refractivity contribution is 6.06. The van der Waals surface area contributed by atoms with E-state index in [4.69, 9.17) is 0 Å². The first-order valence-electron chi connectivity index (χ1n) is 13.4. The van der Waals surface area contributed by atoms with Crippen molar-refractivity contribution in [1.82, 2.24) is 35.3 Å². The minimum Gasteiger partial charge on any atom is -0.354 e. The van der Waals surface area contributed by atoms with E-state index in [1.54, 1.807) is 22.0 Å². The van der Waals surface area contributed by atoms with Crippen LogP contribution in [0.25, 0.3) is 22.0 Å². The molecule has 2 N–H and O–H groups in total. The van der Waals surface area contributed by atoms with Gasteiger partial charge in [0.15, 0.2) is 5.69 Å². The van der Waals surface area contributed by atoms with Gasteiger partial charge in [0.2, 0.25) is 11.8 Å². The van der Waals surface area contributed by atoms with Crippen LogP contribution < -0.4 is 10.6 Å². The molecule has 38 heavy (non-hydrogen) atoms. The summed E-state index contributed by atoms with van der Waals surface area (Å²) in [6.07, 6.45) is 6.71. The van der Waals surface area contributed by atoms with Gasteiger partial charge in [0.05, 0.1) is 5.52 Å². The number of aryl methyl sites for hydroxylation is 1. The van der Waals surface area contributed by atoms with Gasteiger partial charge in [-0.05, 0) is 55.7 Å². The van der Waals surface area contributed by atoms with Crippen molar-refractivity contribution in [3.8, 4) is 11.1 Å². The molecule has 1 aliphatic heterocycles. The second kappa shape index (κ2) is 10.2. The predicted octanol–water partition coefficient (Wildman–Crippen LogP) is 2.85.